The molecule has 1 nitrogen and oxygen atoms in total. The van der Waals surface area contributed by atoms with Crippen molar-refractivity contribution in [3.05, 3.63) is 0 Å². The third-order valence-electron chi connectivity index (χ3n) is 5.61. The van der Waals surface area contributed by atoms with Gasteiger partial charge in [-0.15, -0.1) is 0 Å². The second-order valence-electron chi connectivity index (χ2n) is 7.52. The molecule has 0 saturated heterocycles. The molecule has 1 aliphatic carbocycles. The van der Waals surface area contributed by atoms with E-state index in [-0.39, 0.29) is 0 Å². The molecule has 3 unspecified atom stereocenters. The van der Waals surface area contributed by atoms with Crippen molar-refractivity contribution >= 4 is 0 Å². The Morgan fingerprint density at radius 3 is 2.37 bits per heavy atom. The monoisotopic (exact) mass is 263 g/mol. The third kappa shape index (κ3) is 5.55. The molecule has 0 spiro atoms. The molecule has 0 amide bonds. The zero-order chi connectivity index (χ0) is 14.3. The van der Waals surface area contributed by atoms with Gasteiger partial charge in [-0.05, 0) is 29.6 Å². The van der Waals surface area contributed by atoms with Crippen LogP contribution in [0.15, 0.2) is 0 Å². The lowest BCUT2D eigenvalue weighted by Crippen LogP contribution is -2.28. The number of hydrogen-bond acceptors (Lipinski definition) is 1. The summed E-state index contributed by atoms with van der Waals surface area (Å²) in [6.45, 7) is 9.58. The molecule has 0 aromatic heterocycles. The smallest absolute Gasteiger partial charge is 0.0621 e. The van der Waals surface area contributed by atoms with Crippen molar-refractivity contribution in [1.82, 2.24) is 0 Å². The van der Waals surface area contributed by atoms with Crippen LogP contribution in [0.3, 0.4) is 0 Å². The Morgan fingerprint density at radius 1 is 1.11 bits per heavy atom. The quantitative estimate of drug-likeness (QED) is 0.615. The Labute approximate surface area is 120 Å². The van der Waals surface area contributed by atoms with Crippen LogP contribution >= 0.6 is 0 Å². The van der Waals surface area contributed by atoms with E-state index < -0.39 is 0 Å². The molecule has 0 aromatic rings. The first kappa shape index (κ1) is 16.5. The van der Waals surface area contributed by atoms with Crippen LogP contribution in [0.25, 0.3) is 0 Å². The number of nitrogens with zero attached hydrogens (tertiary/aromatic N) is 1. The van der Waals surface area contributed by atoms with Crippen LogP contribution in [-0.4, -0.2) is 0 Å². The largest absolute Gasteiger partial charge is 0.198 e. The highest BCUT2D eigenvalue weighted by Gasteiger charge is 2.31. The normalized spacial score (nSPS) is 27.7. The zero-order valence-electron chi connectivity index (χ0n) is 13.5. The molecule has 0 heterocycles. The van der Waals surface area contributed by atoms with E-state index in [1.807, 2.05) is 0 Å². The molecule has 1 fully saturated rings. The van der Waals surface area contributed by atoms with Gasteiger partial charge < -0.3 is 0 Å². The van der Waals surface area contributed by atoms with Gasteiger partial charge in [-0.2, -0.15) is 5.26 Å². The van der Waals surface area contributed by atoms with Crippen molar-refractivity contribution in [3.8, 4) is 6.07 Å². The van der Waals surface area contributed by atoms with Crippen molar-refractivity contribution in [3.63, 3.8) is 0 Å². The van der Waals surface area contributed by atoms with Gasteiger partial charge in [0.2, 0.25) is 0 Å². The summed E-state index contributed by atoms with van der Waals surface area (Å²) in [5.74, 6) is 2.55. The second kappa shape index (κ2) is 7.93. The van der Waals surface area contributed by atoms with Gasteiger partial charge in [0.25, 0.3) is 0 Å². The molecule has 1 heteroatoms. The molecule has 0 bridgehead atoms. The van der Waals surface area contributed by atoms with Crippen LogP contribution < -0.4 is 0 Å². The van der Waals surface area contributed by atoms with Crippen molar-refractivity contribution in [2.45, 2.75) is 85.5 Å². The lowest BCUT2D eigenvalue weighted by Gasteiger charge is -2.37. The van der Waals surface area contributed by atoms with Gasteiger partial charge in [0, 0.05) is 6.42 Å². The first-order valence-electron chi connectivity index (χ1n) is 8.34. The Morgan fingerprint density at radius 2 is 1.68 bits per heavy atom. The van der Waals surface area contributed by atoms with E-state index in [0.717, 1.165) is 24.2 Å². The predicted octanol–water partition coefficient (Wildman–Crippen LogP) is 5.95. The molecule has 110 valence electrons. The van der Waals surface area contributed by atoms with E-state index in [2.05, 4.69) is 33.8 Å². The van der Waals surface area contributed by atoms with E-state index in [4.69, 9.17) is 5.26 Å². The van der Waals surface area contributed by atoms with Crippen LogP contribution in [0, 0.1) is 34.5 Å². The first-order chi connectivity index (χ1) is 8.97. The summed E-state index contributed by atoms with van der Waals surface area (Å²) in [5.41, 5.74) is 0.320. The van der Waals surface area contributed by atoms with Crippen molar-refractivity contribution in [1.29, 1.82) is 5.26 Å². The molecule has 0 aromatic carbocycles. The van der Waals surface area contributed by atoms with Gasteiger partial charge in [-0.3, -0.25) is 0 Å². The summed E-state index contributed by atoms with van der Waals surface area (Å²) in [6.07, 6.45) is 11.7. The van der Waals surface area contributed by atoms with Gasteiger partial charge in [0.1, 0.15) is 0 Å². The second-order valence-corrected chi connectivity index (χ2v) is 7.52. The average Bonchev–Trinajstić information content (AvgIpc) is 2.47. The highest BCUT2D eigenvalue weighted by molar-refractivity contribution is 4.85. The fourth-order valence-electron chi connectivity index (χ4n) is 3.66. The number of nitriles is 1. The topological polar surface area (TPSA) is 23.8 Å². The van der Waals surface area contributed by atoms with E-state index in [1.54, 1.807) is 0 Å². The summed E-state index contributed by atoms with van der Waals surface area (Å²) in [7, 11) is 0. The molecule has 0 aliphatic heterocycles. The van der Waals surface area contributed by atoms with Crippen molar-refractivity contribution < 1.29 is 0 Å². The van der Waals surface area contributed by atoms with Gasteiger partial charge in [-0.25, -0.2) is 0 Å². The molecular weight excluding hydrogens is 230 g/mol. The van der Waals surface area contributed by atoms with Crippen molar-refractivity contribution in [2.24, 2.45) is 23.2 Å². The maximum atomic E-state index is 8.82. The Hall–Kier alpha value is -0.510. The van der Waals surface area contributed by atoms with Gasteiger partial charge >= 0.3 is 0 Å². The zero-order valence-corrected chi connectivity index (χ0v) is 13.5. The fourth-order valence-corrected chi connectivity index (χ4v) is 3.66. The van der Waals surface area contributed by atoms with Gasteiger partial charge in [-0.1, -0.05) is 72.6 Å². The molecule has 1 saturated carbocycles. The molecule has 1 rings (SSSR count). The summed E-state index contributed by atoms with van der Waals surface area (Å²) in [5, 5.41) is 8.82. The first-order valence-corrected chi connectivity index (χ1v) is 8.34. The lowest BCUT2D eigenvalue weighted by molar-refractivity contribution is 0.129. The van der Waals surface area contributed by atoms with Crippen LogP contribution in [0.4, 0.5) is 0 Å². The van der Waals surface area contributed by atoms with Gasteiger partial charge in [0.05, 0.1) is 6.07 Å². The molecule has 3 atom stereocenters. The fraction of sp³-hybridized carbons (Fsp3) is 0.944. The minimum atomic E-state index is 0.320. The maximum Gasteiger partial charge on any atom is 0.0621 e. The SMILES string of the molecule is CC1CCCCC(C(C)C(C)(C)CCC#N)CCC1. The number of rotatable bonds is 4. The molecule has 0 N–H and O–H groups in total. The van der Waals surface area contributed by atoms with E-state index in [1.165, 1.54) is 44.9 Å². The highest BCUT2D eigenvalue weighted by Crippen LogP contribution is 2.41. The highest BCUT2D eigenvalue weighted by atomic mass is 14.4. The lowest BCUT2D eigenvalue weighted by atomic mass is 9.68. The molecule has 19 heavy (non-hydrogen) atoms. The number of hydrogen-bond donors (Lipinski definition) is 0. The van der Waals surface area contributed by atoms with Gasteiger partial charge in [0.15, 0.2) is 0 Å². The summed E-state index contributed by atoms with van der Waals surface area (Å²) >= 11 is 0. The molecular formula is C18H33N. The standard InChI is InChI=1S/C18H33N/c1-15-9-5-6-11-17(12-7-10-15)16(2)18(3,4)13-8-14-19/h15-17H,5-13H2,1-4H3. The summed E-state index contributed by atoms with van der Waals surface area (Å²) < 4.78 is 0. The van der Waals surface area contributed by atoms with Crippen LogP contribution in [0.1, 0.15) is 85.5 Å². The summed E-state index contributed by atoms with van der Waals surface area (Å²) in [4.78, 5) is 0. The minimum absolute atomic E-state index is 0.320. The minimum Gasteiger partial charge on any atom is -0.198 e. The van der Waals surface area contributed by atoms with Crippen molar-refractivity contribution in [2.75, 3.05) is 0 Å². The Bertz CT molecular complexity index is 287. The van der Waals surface area contributed by atoms with E-state index >= 15 is 0 Å². The Kier molecular flexibility index (Phi) is 6.90. The summed E-state index contributed by atoms with van der Waals surface area (Å²) in [6, 6.07) is 2.32. The predicted molar refractivity (Wildman–Crippen MR) is 82.8 cm³/mol. The molecule has 1 aliphatic rings. The van der Waals surface area contributed by atoms with Crippen LogP contribution in [-0.2, 0) is 0 Å². The van der Waals surface area contributed by atoms with Crippen LogP contribution in [0.2, 0.25) is 0 Å². The molecule has 0 radical (unpaired) electrons. The van der Waals surface area contributed by atoms with E-state index in [0.29, 0.717) is 11.8 Å². The van der Waals surface area contributed by atoms with Crippen LogP contribution in [0.5, 0.6) is 0 Å². The van der Waals surface area contributed by atoms with E-state index in [9.17, 15) is 0 Å². The third-order valence-corrected chi connectivity index (χ3v) is 5.61. The Balaban J connectivity index is 2.57. The maximum absolute atomic E-state index is 8.82. The average molecular weight is 263 g/mol.